The predicted octanol–water partition coefficient (Wildman–Crippen LogP) is 0.0144. The van der Waals surface area contributed by atoms with Gasteiger partial charge in [0.05, 0.1) is 12.8 Å². The van der Waals surface area contributed by atoms with Crippen molar-refractivity contribution in [2.75, 3.05) is 0 Å². The maximum Gasteiger partial charge on any atom is 0.310 e. The summed E-state index contributed by atoms with van der Waals surface area (Å²) in [6.07, 6.45) is 0.389. The van der Waals surface area contributed by atoms with E-state index in [2.05, 4.69) is 4.74 Å². The number of Topliss-reactive ketones (excluding diaryl/α,β-unsaturated/α-hetero) is 2. The molecule has 0 saturated heterocycles. The third kappa shape index (κ3) is 6.86. The molecular formula is C8H10O5. The average Bonchev–Trinajstić information content (AvgIpc) is 1.82. The maximum absolute atomic E-state index is 9.89. The van der Waals surface area contributed by atoms with Gasteiger partial charge in [0, 0.05) is 13.8 Å². The number of hydrogen-bond acceptors (Lipinski definition) is 5. The molecule has 72 valence electrons. The molecule has 5 heteroatoms. The molecule has 0 aromatic rings. The Bertz CT molecular complexity index is 219. The van der Waals surface area contributed by atoms with Gasteiger partial charge in [-0.05, 0) is 0 Å². The molecule has 0 bridgehead atoms. The van der Waals surface area contributed by atoms with Gasteiger partial charge in [0.25, 0.3) is 0 Å². The average molecular weight is 186 g/mol. The van der Waals surface area contributed by atoms with Gasteiger partial charge in [-0.1, -0.05) is 0 Å². The highest BCUT2D eigenvalue weighted by molar-refractivity contribution is 6.18. The van der Waals surface area contributed by atoms with E-state index in [1.54, 1.807) is 0 Å². The van der Waals surface area contributed by atoms with Gasteiger partial charge in [-0.25, -0.2) is 0 Å². The first-order valence-corrected chi connectivity index (χ1v) is 3.64. The van der Waals surface area contributed by atoms with Crippen molar-refractivity contribution in [3.8, 4) is 0 Å². The van der Waals surface area contributed by atoms with Gasteiger partial charge in [-0.15, -0.1) is 0 Å². The van der Waals surface area contributed by atoms with Crippen molar-refractivity contribution in [1.29, 1.82) is 0 Å². The van der Waals surface area contributed by atoms with E-state index in [9.17, 15) is 19.2 Å². The summed E-state index contributed by atoms with van der Waals surface area (Å²) in [6.45, 7) is 2.36. The second-order valence-corrected chi connectivity index (χ2v) is 2.52. The molecular weight excluding hydrogens is 176 g/mol. The molecule has 13 heavy (non-hydrogen) atoms. The molecule has 0 N–H and O–H groups in total. The molecule has 1 fully saturated rings. The second kappa shape index (κ2) is 5.18. The van der Waals surface area contributed by atoms with Crippen molar-refractivity contribution in [2.24, 2.45) is 0 Å². The normalized spacial score (nSPS) is 13.7. The predicted molar refractivity (Wildman–Crippen MR) is 41.7 cm³/mol. The number of esters is 2. The number of ether oxygens (including phenoxy) is 1. The van der Waals surface area contributed by atoms with Crippen LogP contribution in [0.1, 0.15) is 26.7 Å². The van der Waals surface area contributed by atoms with Crippen molar-refractivity contribution >= 4 is 23.5 Å². The first kappa shape index (κ1) is 11.5. The van der Waals surface area contributed by atoms with E-state index in [1.165, 1.54) is 13.8 Å². The first-order valence-electron chi connectivity index (χ1n) is 3.64. The van der Waals surface area contributed by atoms with E-state index in [0.29, 0.717) is 0 Å². The molecule has 0 atom stereocenters. The lowest BCUT2D eigenvalue weighted by molar-refractivity contribution is -0.156. The van der Waals surface area contributed by atoms with Crippen LogP contribution in [0.15, 0.2) is 0 Å². The van der Waals surface area contributed by atoms with Crippen molar-refractivity contribution < 1.29 is 23.9 Å². The SMILES string of the molecule is CC(=O)OC(C)=O.O=C1CC(=O)C1. The Morgan fingerprint density at radius 1 is 1.00 bits per heavy atom. The van der Waals surface area contributed by atoms with Crippen LogP contribution in [0.2, 0.25) is 0 Å². The Balaban J connectivity index is 0.000000223. The van der Waals surface area contributed by atoms with Gasteiger partial charge >= 0.3 is 11.9 Å². The fourth-order valence-corrected chi connectivity index (χ4v) is 0.590. The second-order valence-electron chi connectivity index (χ2n) is 2.52. The highest BCUT2D eigenvalue weighted by Gasteiger charge is 2.21. The number of carbonyl (C=O) groups is 4. The van der Waals surface area contributed by atoms with Crippen LogP contribution in [0.5, 0.6) is 0 Å². The van der Waals surface area contributed by atoms with Crippen molar-refractivity contribution in [2.45, 2.75) is 26.7 Å². The smallest absolute Gasteiger partial charge is 0.310 e. The minimum absolute atomic E-state index is 0.0833. The van der Waals surface area contributed by atoms with Gasteiger partial charge in [0.1, 0.15) is 11.6 Å². The first-order chi connectivity index (χ1) is 5.91. The monoisotopic (exact) mass is 186 g/mol. The molecule has 1 aliphatic carbocycles. The summed E-state index contributed by atoms with van der Waals surface area (Å²) in [7, 11) is 0. The molecule has 0 unspecified atom stereocenters. The van der Waals surface area contributed by atoms with E-state index < -0.39 is 11.9 Å². The number of hydrogen-bond donors (Lipinski definition) is 0. The molecule has 1 aliphatic rings. The molecule has 5 nitrogen and oxygen atoms in total. The third-order valence-corrected chi connectivity index (χ3v) is 1.08. The summed E-state index contributed by atoms with van der Waals surface area (Å²) in [4.78, 5) is 39.4. The number of rotatable bonds is 0. The summed E-state index contributed by atoms with van der Waals surface area (Å²) in [5, 5.41) is 0. The molecule has 0 amide bonds. The molecule has 0 aromatic carbocycles. The molecule has 1 rings (SSSR count). The standard InChI is InChI=1S/C4H6O3.C4H4O2/c1-3(5)7-4(2)6;5-3-1-4(6)2-3/h1-2H3;1-2H2. The Hall–Kier alpha value is -1.52. The van der Waals surface area contributed by atoms with Gasteiger partial charge < -0.3 is 4.74 Å². The fourth-order valence-electron chi connectivity index (χ4n) is 0.590. The largest absolute Gasteiger partial charge is 0.394 e. The number of ketones is 2. The Labute approximate surface area is 75.1 Å². The third-order valence-electron chi connectivity index (χ3n) is 1.08. The maximum atomic E-state index is 9.89. The van der Waals surface area contributed by atoms with Gasteiger partial charge in [0.15, 0.2) is 0 Å². The molecule has 0 spiro atoms. The van der Waals surface area contributed by atoms with Crippen LogP contribution in [0, 0.1) is 0 Å². The summed E-state index contributed by atoms with van der Waals surface area (Å²) in [5.41, 5.74) is 0. The zero-order chi connectivity index (χ0) is 10.4. The summed E-state index contributed by atoms with van der Waals surface area (Å²) < 4.78 is 3.97. The van der Waals surface area contributed by atoms with Crippen LogP contribution in [0.25, 0.3) is 0 Å². The van der Waals surface area contributed by atoms with E-state index in [1.807, 2.05) is 0 Å². The van der Waals surface area contributed by atoms with Crippen LogP contribution < -0.4 is 0 Å². The van der Waals surface area contributed by atoms with E-state index in [-0.39, 0.29) is 24.4 Å². The Kier molecular flexibility index (Phi) is 4.58. The highest BCUT2D eigenvalue weighted by atomic mass is 16.6. The van der Waals surface area contributed by atoms with Crippen LogP contribution in [0.4, 0.5) is 0 Å². The lowest BCUT2D eigenvalue weighted by Crippen LogP contribution is -2.21. The van der Waals surface area contributed by atoms with E-state index >= 15 is 0 Å². The zero-order valence-electron chi connectivity index (χ0n) is 7.46. The molecule has 0 aromatic heterocycles. The molecule has 0 aliphatic heterocycles. The Morgan fingerprint density at radius 2 is 1.31 bits per heavy atom. The number of carbonyl (C=O) groups excluding carboxylic acids is 4. The van der Waals surface area contributed by atoms with Crippen LogP contribution >= 0.6 is 0 Å². The lowest BCUT2D eigenvalue weighted by Gasteiger charge is -2.04. The van der Waals surface area contributed by atoms with Crippen LogP contribution in [0.3, 0.4) is 0 Å². The van der Waals surface area contributed by atoms with Crippen molar-refractivity contribution in [3.05, 3.63) is 0 Å². The topological polar surface area (TPSA) is 77.5 Å². The van der Waals surface area contributed by atoms with Crippen molar-refractivity contribution in [1.82, 2.24) is 0 Å². The molecule has 1 saturated carbocycles. The fraction of sp³-hybridized carbons (Fsp3) is 0.500. The van der Waals surface area contributed by atoms with Gasteiger partial charge in [-0.2, -0.15) is 0 Å². The minimum Gasteiger partial charge on any atom is -0.394 e. The van der Waals surface area contributed by atoms with Crippen LogP contribution in [-0.4, -0.2) is 23.5 Å². The van der Waals surface area contributed by atoms with Crippen LogP contribution in [-0.2, 0) is 23.9 Å². The quantitative estimate of drug-likeness (QED) is 0.393. The molecule has 0 radical (unpaired) electrons. The summed E-state index contributed by atoms with van der Waals surface area (Å²) in [5.74, 6) is -0.958. The zero-order valence-corrected chi connectivity index (χ0v) is 7.46. The summed E-state index contributed by atoms with van der Waals surface area (Å²) in [6, 6.07) is 0. The summed E-state index contributed by atoms with van der Waals surface area (Å²) >= 11 is 0. The van der Waals surface area contributed by atoms with Crippen molar-refractivity contribution in [3.63, 3.8) is 0 Å². The lowest BCUT2D eigenvalue weighted by atomic mass is 9.97. The Morgan fingerprint density at radius 3 is 1.31 bits per heavy atom. The van der Waals surface area contributed by atoms with E-state index in [4.69, 9.17) is 0 Å². The van der Waals surface area contributed by atoms with Gasteiger partial charge in [-0.3, -0.25) is 19.2 Å². The minimum atomic E-state index is -0.562. The van der Waals surface area contributed by atoms with E-state index in [0.717, 1.165) is 0 Å². The molecule has 0 heterocycles. The highest BCUT2D eigenvalue weighted by Crippen LogP contribution is 2.05. The van der Waals surface area contributed by atoms with Gasteiger partial charge in [0.2, 0.25) is 0 Å².